The number of benzene rings is 2. The Bertz CT molecular complexity index is 1180. The number of aryl methyl sites for hydroxylation is 2. The number of hydrogen-bond acceptors (Lipinski definition) is 6. The first-order valence-corrected chi connectivity index (χ1v) is 13.1. The van der Waals surface area contributed by atoms with Gasteiger partial charge < -0.3 is 20.3 Å². The van der Waals surface area contributed by atoms with E-state index in [1.54, 1.807) is 12.1 Å². The van der Waals surface area contributed by atoms with Crippen LogP contribution in [0.25, 0.3) is 0 Å². The third-order valence-corrected chi connectivity index (χ3v) is 7.86. The minimum absolute atomic E-state index is 0.00316. The second kappa shape index (κ2) is 10.6. The van der Waals surface area contributed by atoms with Crippen molar-refractivity contribution < 1.29 is 24.5 Å². The minimum atomic E-state index is -0.818. The summed E-state index contributed by atoms with van der Waals surface area (Å²) in [4.78, 5) is 26.0. The third-order valence-electron chi connectivity index (χ3n) is 6.69. The number of ether oxygens (including phenoxy) is 1. The molecule has 0 spiro atoms. The predicted octanol–water partition coefficient (Wildman–Crippen LogP) is 6.79. The molecule has 3 N–H and O–H groups in total. The number of esters is 1. The van der Waals surface area contributed by atoms with Crippen LogP contribution in [0.15, 0.2) is 52.0 Å². The van der Waals surface area contributed by atoms with Gasteiger partial charge in [-0.05, 0) is 72.1 Å². The molecule has 36 heavy (non-hydrogen) atoms. The highest BCUT2D eigenvalue weighted by atomic mass is 32.2. The highest BCUT2D eigenvalue weighted by Crippen LogP contribution is 2.45. The lowest BCUT2D eigenvalue weighted by atomic mass is 9.80. The van der Waals surface area contributed by atoms with Crippen LogP contribution >= 0.6 is 11.8 Å². The molecule has 1 atom stereocenters. The molecule has 0 fully saturated rings. The van der Waals surface area contributed by atoms with Crippen LogP contribution in [0.2, 0.25) is 0 Å². The summed E-state index contributed by atoms with van der Waals surface area (Å²) in [7, 11) is 0. The number of cyclic esters (lactones) is 1. The van der Waals surface area contributed by atoms with Gasteiger partial charge in [0.1, 0.15) is 22.0 Å². The molecular weight excluding hydrogens is 474 g/mol. The maximum Gasteiger partial charge on any atom is 0.349 e. The molecule has 3 rings (SSSR count). The molecule has 194 valence electrons. The van der Waals surface area contributed by atoms with Gasteiger partial charge in [-0.3, -0.25) is 4.79 Å². The molecule has 0 aliphatic carbocycles. The highest BCUT2D eigenvalue weighted by molar-refractivity contribution is 8.04. The molecule has 1 heterocycles. The fraction of sp³-hybridized carbons (Fsp3) is 0.448. The minimum Gasteiger partial charge on any atom is -0.511 e. The highest BCUT2D eigenvalue weighted by Gasteiger charge is 2.44. The Morgan fingerprint density at radius 3 is 2.33 bits per heavy atom. The molecule has 0 radical (unpaired) electrons. The molecule has 7 heteroatoms. The van der Waals surface area contributed by atoms with Crippen molar-refractivity contribution in [2.24, 2.45) is 5.92 Å². The number of aliphatic hydroxyl groups excluding tert-OH is 1. The monoisotopic (exact) mass is 511 g/mol. The maximum atomic E-state index is 13.3. The fourth-order valence-electron chi connectivity index (χ4n) is 4.40. The van der Waals surface area contributed by atoms with Gasteiger partial charge in [0, 0.05) is 23.9 Å². The van der Waals surface area contributed by atoms with E-state index in [9.17, 15) is 19.8 Å². The SMILES string of the molecule is CC(=O)Nc1cc(C(C)(C)C)c(SC2=C(O)CC(CCc3ccc(O)cc3)(C(C)C)OC2=O)cc1C. The number of phenols is 1. The van der Waals surface area contributed by atoms with E-state index in [0.717, 1.165) is 27.3 Å². The van der Waals surface area contributed by atoms with E-state index in [-0.39, 0.29) is 40.1 Å². The van der Waals surface area contributed by atoms with Gasteiger partial charge in [0.15, 0.2) is 0 Å². The average Bonchev–Trinajstić information content (AvgIpc) is 2.76. The smallest absolute Gasteiger partial charge is 0.349 e. The number of aromatic hydroxyl groups is 1. The molecular formula is C29H37NO5S. The number of hydrogen-bond donors (Lipinski definition) is 3. The van der Waals surface area contributed by atoms with Crippen molar-refractivity contribution in [3.63, 3.8) is 0 Å². The summed E-state index contributed by atoms with van der Waals surface area (Å²) in [6.45, 7) is 13.6. The lowest BCUT2D eigenvalue weighted by Crippen LogP contribution is -2.44. The Balaban J connectivity index is 1.92. The molecule has 1 unspecified atom stereocenters. The summed E-state index contributed by atoms with van der Waals surface area (Å²) in [5.41, 5.74) is 2.51. The number of aliphatic hydroxyl groups is 1. The van der Waals surface area contributed by atoms with Gasteiger partial charge in [0.25, 0.3) is 0 Å². The first-order chi connectivity index (χ1) is 16.7. The first-order valence-electron chi connectivity index (χ1n) is 12.3. The zero-order valence-electron chi connectivity index (χ0n) is 22.2. The van der Waals surface area contributed by atoms with Gasteiger partial charge in [0.05, 0.1) is 0 Å². The summed E-state index contributed by atoms with van der Waals surface area (Å²) >= 11 is 1.22. The summed E-state index contributed by atoms with van der Waals surface area (Å²) < 4.78 is 6.08. The van der Waals surface area contributed by atoms with Crippen molar-refractivity contribution in [2.45, 2.75) is 83.6 Å². The molecule has 0 saturated heterocycles. The van der Waals surface area contributed by atoms with Crippen LogP contribution in [-0.4, -0.2) is 27.7 Å². The normalized spacial score (nSPS) is 18.4. The van der Waals surface area contributed by atoms with Crippen molar-refractivity contribution >= 4 is 29.3 Å². The molecule has 2 aromatic carbocycles. The largest absolute Gasteiger partial charge is 0.511 e. The van der Waals surface area contributed by atoms with Gasteiger partial charge in [-0.1, -0.05) is 58.5 Å². The van der Waals surface area contributed by atoms with Crippen LogP contribution in [0.4, 0.5) is 5.69 Å². The number of thioether (sulfide) groups is 1. The number of anilines is 1. The van der Waals surface area contributed by atoms with Crippen LogP contribution in [0.3, 0.4) is 0 Å². The average molecular weight is 512 g/mol. The Kier molecular flexibility index (Phi) is 8.13. The Hall–Kier alpha value is -2.93. The van der Waals surface area contributed by atoms with E-state index in [2.05, 4.69) is 26.1 Å². The Morgan fingerprint density at radius 1 is 1.17 bits per heavy atom. The second-order valence-electron chi connectivity index (χ2n) is 10.9. The summed E-state index contributed by atoms with van der Waals surface area (Å²) in [6, 6.07) is 10.9. The van der Waals surface area contributed by atoms with E-state index in [0.29, 0.717) is 12.8 Å². The van der Waals surface area contributed by atoms with Crippen LogP contribution in [0.1, 0.15) is 71.1 Å². The number of rotatable bonds is 7. The van der Waals surface area contributed by atoms with E-state index in [4.69, 9.17) is 4.74 Å². The molecule has 0 aromatic heterocycles. The fourth-order valence-corrected chi connectivity index (χ4v) is 5.65. The zero-order chi connectivity index (χ0) is 26.8. The van der Waals surface area contributed by atoms with Gasteiger partial charge in [-0.2, -0.15) is 0 Å². The molecule has 0 bridgehead atoms. The van der Waals surface area contributed by atoms with Gasteiger partial charge in [-0.15, -0.1) is 0 Å². The number of nitrogens with one attached hydrogen (secondary N) is 1. The van der Waals surface area contributed by atoms with E-state index in [1.807, 2.05) is 45.0 Å². The molecule has 1 amide bonds. The second-order valence-corrected chi connectivity index (χ2v) is 12.0. The van der Waals surface area contributed by atoms with Crippen LogP contribution < -0.4 is 5.32 Å². The van der Waals surface area contributed by atoms with Crippen molar-refractivity contribution in [3.05, 3.63) is 63.8 Å². The zero-order valence-corrected chi connectivity index (χ0v) is 23.0. The summed E-state index contributed by atoms with van der Waals surface area (Å²) in [6.07, 6.45) is 1.45. The number of phenolic OH excluding ortho intramolecular Hbond substituents is 1. The molecule has 6 nitrogen and oxygen atoms in total. The van der Waals surface area contributed by atoms with Crippen LogP contribution in [-0.2, 0) is 26.2 Å². The summed E-state index contributed by atoms with van der Waals surface area (Å²) in [5, 5.41) is 23.5. The quantitative estimate of drug-likeness (QED) is 0.354. The van der Waals surface area contributed by atoms with Crippen molar-refractivity contribution in [1.29, 1.82) is 0 Å². The van der Waals surface area contributed by atoms with Crippen molar-refractivity contribution in [3.8, 4) is 5.75 Å². The van der Waals surface area contributed by atoms with E-state index in [1.165, 1.54) is 18.7 Å². The Morgan fingerprint density at radius 2 is 1.81 bits per heavy atom. The number of carbonyl (C=O) groups is 2. The standard InChI is InChI=1S/C29H37NO5S/c1-17(2)29(13-12-20-8-10-21(32)11-9-20)16-24(33)26(27(34)35-29)36-25-14-18(3)23(30-19(4)31)15-22(25)28(5,6)7/h8-11,14-15,17,32-33H,12-13,16H2,1-7H3,(H,30,31). The van der Waals surface area contributed by atoms with Crippen molar-refractivity contribution in [2.75, 3.05) is 5.32 Å². The molecule has 2 aromatic rings. The predicted molar refractivity (Wildman–Crippen MR) is 144 cm³/mol. The first kappa shape index (κ1) is 27.7. The Labute approximate surface area is 218 Å². The lowest BCUT2D eigenvalue weighted by Gasteiger charge is -2.40. The summed E-state index contributed by atoms with van der Waals surface area (Å²) in [5.74, 6) is -0.423. The van der Waals surface area contributed by atoms with Crippen LogP contribution in [0, 0.1) is 12.8 Å². The van der Waals surface area contributed by atoms with Gasteiger partial charge in [0.2, 0.25) is 5.91 Å². The van der Waals surface area contributed by atoms with E-state index < -0.39 is 11.6 Å². The van der Waals surface area contributed by atoms with E-state index >= 15 is 0 Å². The molecule has 0 saturated carbocycles. The third kappa shape index (κ3) is 6.25. The lowest BCUT2D eigenvalue weighted by molar-refractivity contribution is -0.164. The topological polar surface area (TPSA) is 95.9 Å². The van der Waals surface area contributed by atoms with Gasteiger partial charge in [-0.25, -0.2) is 4.79 Å². The number of carbonyl (C=O) groups excluding carboxylic acids is 2. The maximum absolute atomic E-state index is 13.3. The van der Waals surface area contributed by atoms with Gasteiger partial charge >= 0.3 is 5.97 Å². The van der Waals surface area contributed by atoms with Crippen LogP contribution in [0.5, 0.6) is 5.75 Å². The van der Waals surface area contributed by atoms with Crippen molar-refractivity contribution in [1.82, 2.24) is 0 Å². The molecule has 1 aliphatic rings. The molecule has 1 aliphatic heterocycles. The number of amides is 1.